The minimum Gasteiger partial charge on any atom is -0.497 e. The lowest BCUT2D eigenvalue weighted by molar-refractivity contribution is -0.384. The number of nitro groups is 1. The molecule has 144 valence electrons. The molecule has 1 aromatic heterocycles. The molecule has 1 amide bonds. The van der Waals surface area contributed by atoms with E-state index in [0.717, 1.165) is 23.1 Å². The Hall–Kier alpha value is -3.40. The molecule has 0 bridgehead atoms. The molecule has 0 atom stereocenters. The Morgan fingerprint density at radius 3 is 2.71 bits per heavy atom. The molecule has 0 saturated carbocycles. The summed E-state index contributed by atoms with van der Waals surface area (Å²) in [5, 5.41) is 21.0. The van der Waals surface area contributed by atoms with Crippen molar-refractivity contribution in [2.45, 2.75) is 12.1 Å². The van der Waals surface area contributed by atoms with Gasteiger partial charge in [-0.3, -0.25) is 20.0 Å². The minimum absolute atomic E-state index is 0.0192. The number of hydrogen-bond acceptors (Lipinski definition) is 7. The second-order valence-electron chi connectivity index (χ2n) is 5.76. The molecule has 3 rings (SSSR count). The fraction of sp³-hybridized carbons (Fsp3) is 0.167. The van der Waals surface area contributed by atoms with E-state index in [4.69, 9.17) is 4.74 Å². The van der Waals surface area contributed by atoms with Crippen LogP contribution in [0.15, 0.2) is 47.6 Å². The molecule has 28 heavy (non-hydrogen) atoms. The first-order chi connectivity index (χ1) is 13.5. The standard InChI is InChI=1S/C18H17N5O4S/c1-11-4-3-5-14(23(25)26)16(11)19-15(24)10-28-18-20-17(21-22-18)12-6-8-13(27-2)9-7-12/h3-9H,10H2,1-2H3,(H,19,24)(H,20,21,22). The highest BCUT2D eigenvalue weighted by Gasteiger charge is 2.18. The maximum atomic E-state index is 12.2. The van der Waals surface area contributed by atoms with Gasteiger partial charge < -0.3 is 10.1 Å². The van der Waals surface area contributed by atoms with Gasteiger partial charge in [-0.2, -0.15) is 0 Å². The molecule has 3 aromatic rings. The van der Waals surface area contributed by atoms with Crippen LogP contribution in [0.3, 0.4) is 0 Å². The number of H-pyrrole nitrogens is 1. The van der Waals surface area contributed by atoms with E-state index in [0.29, 0.717) is 16.5 Å². The monoisotopic (exact) mass is 399 g/mol. The van der Waals surface area contributed by atoms with Gasteiger partial charge in [0.05, 0.1) is 17.8 Å². The number of carbonyl (C=O) groups excluding carboxylic acids is 1. The molecule has 2 N–H and O–H groups in total. The first kappa shape index (κ1) is 19.4. The minimum atomic E-state index is -0.522. The number of thioether (sulfide) groups is 1. The van der Waals surface area contributed by atoms with E-state index in [2.05, 4.69) is 20.5 Å². The van der Waals surface area contributed by atoms with Crippen LogP contribution < -0.4 is 10.1 Å². The molecule has 0 aliphatic heterocycles. The summed E-state index contributed by atoms with van der Waals surface area (Å²) in [4.78, 5) is 27.2. The summed E-state index contributed by atoms with van der Waals surface area (Å²) in [7, 11) is 1.59. The second kappa shape index (κ2) is 8.53. The molecular weight excluding hydrogens is 382 g/mol. The predicted molar refractivity (Wildman–Crippen MR) is 106 cm³/mol. The van der Waals surface area contributed by atoms with Gasteiger partial charge in [-0.1, -0.05) is 23.9 Å². The maximum Gasteiger partial charge on any atom is 0.293 e. The zero-order valence-corrected chi connectivity index (χ0v) is 15.9. The van der Waals surface area contributed by atoms with Crippen LogP contribution in [0.25, 0.3) is 11.4 Å². The normalized spacial score (nSPS) is 10.5. The van der Waals surface area contributed by atoms with Crippen LogP contribution in [0.1, 0.15) is 5.56 Å². The highest BCUT2D eigenvalue weighted by Crippen LogP contribution is 2.28. The van der Waals surface area contributed by atoms with Crippen molar-refractivity contribution in [3.63, 3.8) is 0 Å². The average molecular weight is 399 g/mol. The van der Waals surface area contributed by atoms with E-state index in [9.17, 15) is 14.9 Å². The van der Waals surface area contributed by atoms with Crippen LogP contribution in [-0.4, -0.2) is 38.9 Å². The molecule has 0 aliphatic rings. The largest absolute Gasteiger partial charge is 0.497 e. The van der Waals surface area contributed by atoms with Gasteiger partial charge >= 0.3 is 0 Å². The fourth-order valence-corrected chi connectivity index (χ4v) is 3.06. The molecule has 0 saturated heterocycles. The van der Waals surface area contributed by atoms with E-state index in [1.165, 1.54) is 6.07 Å². The number of aromatic nitrogens is 3. The van der Waals surface area contributed by atoms with Crippen molar-refractivity contribution < 1.29 is 14.5 Å². The van der Waals surface area contributed by atoms with Crippen molar-refractivity contribution in [2.24, 2.45) is 0 Å². The number of hydrogen-bond donors (Lipinski definition) is 2. The quantitative estimate of drug-likeness (QED) is 0.354. The van der Waals surface area contributed by atoms with Gasteiger partial charge in [-0.25, -0.2) is 4.98 Å². The van der Waals surface area contributed by atoms with Crippen molar-refractivity contribution in [2.75, 3.05) is 18.2 Å². The van der Waals surface area contributed by atoms with Gasteiger partial charge in [0, 0.05) is 11.6 Å². The highest BCUT2D eigenvalue weighted by atomic mass is 32.2. The van der Waals surface area contributed by atoms with Gasteiger partial charge in [-0.15, -0.1) is 5.10 Å². The number of nitrogens with zero attached hydrogens (tertiary/aromatic N) is 3. The van der Waals surface area contributed by atoms with Crippen LogP contribution in [0.4, 0.5) is 11.4 Å². The molecule has 0 radical (unpaired) electrons. The Balaban J connectivity index is 1.63. The Bertz CT molecular complexity index is 1000. The lowest BCUT2D eigenvalue weighted by atomic mass is 10.1. The summed E-state index contributed by atoms with van der Waals surface area (Å²) in [6.45, 7) is 1.70. The maximum absolute atomic E-state index is 12.2. The number of methoxy groups -OCH3 is 1. The summed E-state index contributed by atoms with van der Waals surface area (Å²) < 4.78 is 5.12. The molecule has 10 heteroatoms. The molecule has 2 aromatic carbocycles. The number of anilines is 1. The third-order valence-corrected chi connectivity index (χ3v) is 4.72. The van der Waals surface area contributed by atoms with Crippen LogP contribution >= 0.6 is 11.8 Å². The van der Waals surface area contributed by atoms with Crippen LogP contribution in [0.5, 0.6) is 5.75 Å². The number of amides is 1. The molecule has 0 spiro atoms. The Morgan fingerprint density at radius 2 is 2.04 bits per heavy atom. The van der Waals surface area contributed by atoms with E-state index in [-0.39, 0.29) is 23.0 Å². The predicted octanol–water partition coefficient (Wildman–Crippen LogP) is 3.43. The zero-order valence-electron chi connectivity index (χ0n) is 15.1. The van der Waals surface area contributed by atoms with Crippen LogP contribution in [0.2, 0.25) is 0 Å². The fourth-order valence-electron chi connectivity index (χ4n) is 2.46. The van der Waals surface area contributed by atoms with Gasteiger partial charge in [-0.05, 0) is 36.8 Å². The number of ether oxygens (including phenoxy) is 1. The Kier molecular flexibility index (Phi) is 5.90. The lowest BCUT2D eigenvalue weighted by Crippen LogP contribution is -2.16. The number of carbonyl (C=O) groups is 1. The van der Waals surface area contributed by atoms with Gasteiger partial charge in [0.1, 0.15) is 11.4 Å². The molecule has 0 aliphatic carbocycles. The van der Waals surface area contributed by atoms with E-state index in [1.807, 2.05) is 24.3 Å². The third kappa shape index (κ3) is 4.46. The first-order valence-electron chi connectivity index (χ1n) is 8.21. The topological polar surface area (TPSA) is 123 Å². The van der Waals surface area contributed by atoms with Crippen molar-refractivity contribution in [3.05, 3.63) is 58.1 Å². The zero-order chi connectivity index (χ0) is 20.1. The molecule has 0 fully saturated rings. The van der Waals surface area contributed by atoms with E-state index >= 15 is 0 Å². The number of aromatic amines is 1. The summed E-state index contributed by atoms with van der Waals surface area (Å²) in [5.41, 5.74) is 1.51. The van der Waals surface area contributed by atoms with E-state index in [1.54, 1.807) is 26.2 Å². The SMILES string of the molecule is COc1ccc(-c2nc(SCC(=O)Nc3c(C)cccc3[N+](=O)[O-])n[nH]2)cc1. The van der Waals surface area contributed by atoms with E-state index < -0.39 is 4.92 Å². The van der Waals surface area contributed by atoms with Crippen molar-refractivity contribution in [1.82, 2.24) is 15.2 Å². The molecule has 9 nitrogen and oxygen atoms in total. The van der Waals surface area contributed by atoms with Gasteiger partial charge in [0.15, 0.2) is 5.82 Å². The smallest absolute Gasteiger partial charge is 0.293 e. The number of para-hydroxylation sites is 1. The number of nitrogens with one attached hydrogen (secondary N) is 2. The van der Waals surface area contributed by atoms with Crippen molar-refractivity contribution in [3.8, 4) is 17.1 Å². The lowest BCUT2D eigenvalue weighted by Gasteiger charge is -2.08. The summed E-state index contributed by atoms with van der Waals surface area (Å²) in [5.74, 6) is 0.948. The third-order valence-electron chi connectivity index (χ3n) is 3.87. The number of aryl methyl sites for hydroxylation is 1. The van der Waals surface area contributed by atoms with Crippen molar-refractivity contribution in [1.29, 1.82) is 0 Å². The van der Waals surface area contributed by atoms with Gasteiger partial charge in [0.25, 0.3) is 5.69 Å². The Morgan fingerprint density at radius 1 is 1.29 bits per heavy atom. The summed E-state index contributed by atoms with van der Waals surface area (Å²) in [6.07, 6.45) is 0. The summed E-state index contributed by atoms with van der Waals surface area (Å²) >= 11 is 1.13. The van der Waals surface area contributed by atoms with Crippen LogP contribution in [0, 0.1) is 17.0 Å². The molecule has 1 heterocycles. The van der Waals surface area contributed by atoms with Crippen LogP contribution in [-0.2, 0) is 4.79 Å². The number of nitro benzene ring substituents is 1. The average Bonchev–Trinajstić information content (AvgIpc) is 3.17. The molecular formula is C18H17N5O4S. The second-order valence-corrected chi connectivity index (χ2v) is 6.70. The number of rotatable bonds is 7. The molecule has 0 unspecified atom stereocenters. The number of benzene rings is 2. The Labute approximate surface area is 164 Å². The highest BCUT2D eigenvalue weighted by molar-refractivity contribution is 7.99. The first-order valence-corrected chi connectivity index (χ1v) is 9.20. The van der Waals surface area contributed by atoms with Gasteiger partial charge in [0.2, 0.25) is 11.1 Å². The summed E-state index contributed by atoms with van der Waals surface area (Å²) in [6, 6.07) is 11.9. The van der Waals surface area contributed by atoms with Crippen molar-refractivity contribution >= 4 is 29.0 Å².